The Hall–Kier alpha value is -0.900. The van der Waals surface area contributed by atoms with Crippen molar-refractivity contribution in [1.29, 1.82) is 0 Å². The summed E-state index contributed by atoms with van der Waals surface area (Å²) in [5, 5.41) is 0. The highest BCUT2D eigenvalue weighted by molar-refractivity contribution is 5.90. The van der Waals surface area contributed by atoms with Crippen LogP contribution in [0.5, 0.6) is 0 Å². The van der Waals surface area contributed by atoms with Crippen LogP contribution in [0.3, 0.4) is 0 Å². The second kappa shape index (κ2) is 8.66. The molecule has 0 bridgehead atoms. The fourth-order valence-corrected chi connectivity index (χ4v) is 4.23. The van der Waals surface area contributed by atoms with Crippen LogP contribution in [-0.4, -0.2) is 30.6 Å². The van der Waals surface area contributed by atoms with E-state index in [9.17, 15) is 9.59 Å². The Kier molecular flexibility index (Phi) is 7.07. The number of carbonyl (C=O) groups excluding carboxylic acids is 2. The maximum Gasteiger partial charge on any atom is 0.308 e. The van der Waals surface area contributed by atoms with E-state index in [4.69, 9.17) is 9.47 Å². The van der Waals surface area contributed by atoms with Crippen LogP contribution in [0.25, 0.3) is 0 Å². The normalized spacial score (nSPS) is 39.0. The highest BCUT2D eigenvalue weighted by Gasteiger charge is 2.57. The van der Waals surface area contributed by atoms with Crippen LogP contribution in [0.15, 0.2) is 0 Å². The molecule has 4 heteroatoms. The molecule has 6 unspecified atom stereocenters. The predicted molar refractivity (Wildman–Crippen MR) is 98.2 cm³/mol. The summed E-state index contributed by atoms with van der Waals surface area (Å²) in [4.78, 5) is 24.9. The monoisotopic (exact) mass is 352 g/mol. The van der Waals surface area contributed by atoms with Crippen molar-refractivity contribution >= 4 is 11.8 Å². The van der Waals surface area contributed by atoms with Gasteiger partial charge in [-0.1, -0.05) is 46.5 Å². The molecule has 6 atom stereocenters. The van der Waals surface area contributed by atoms with Gasteiger partial charge in [0.2, 0.25) is 0 Å². The van der Waals surface area contributed by atoms with Gasteiger partial charge in [-0.2, -0.15) is 0 Å². The van der Waals surface area contributed by atoms with Crippen LogP contribution in [0, 0.1) is 23.7 Å². The average molecular weight is 353 g/mol. The summed E-state index contributed by atoms with van der Waals surface area (Å²) in [5.41, 5.74) is -0.621. The minimum Gasteiger partial charge on any atom is -0.469 e. The van der Waals surface area contributed by atoms with Crippen LogP contribution in [-0.2, 0) is 19.1 Å². The lowest BCUT2D eigenvalue weighted by Crippen LogP contribution is -2.31. The Morgan fingerprint density at radius 1 is 1.12 bits per heavy atom. The Bertz CT molecular complexity index is 475. The highest BCUT2D eigenvalue weighted by atomic mass is 16.6. The number of ether oxygens (including phenoxy) is 2. The zero-order valence-electron chi connectivity index (χ0n) is 16.7. The van der Waals surface area contributed by atoms with Crippen molar-refractivity contribution in [2.75, 3.05) is 7.11 Å². The summed E-state index contributed by atoms with van der Waals surface area (Å²) < 4.78 is 10.7. The van der Waals surface area contributed by atoms with Gasteiger partial charge in [0.15, 0.2) is 5.78 Å². The lowest BCUT2D eigenvalue weighted by atomic mass is 9.80. The zero-order chi connectivity index (χ0) is 18.6. The van der Waals surface area contributed by atoms with E-state index >= 15 is 0 Å². The Morgan fingerprint density at radius 2 is 1.72 bits per heavy atom. The van der Waals surface area contributed by atoms with E-state index in [1.807, 2.05) is 13.8 Å². The lowest BCUT2D eigenvalue weighted by molar-refractivity contribution is -0.147. The van der Waals surface area contributed by atoms with Gasteiger partial charge in [-0.25, -0.2) is 0 Å². The van der Waals surface area contributed by atoms with E-state index < -0.39 is 5.60 Å². The molecule has 0 radical (unpaired) electrons. The van der Waals surface area contributed by atoms with Crippen LogP contribution in [0.1, 0.15) is 79.1 Å². The Morgan fingerprint density at radius 3 is 2.32 bits per heavy atom. The third kappa shape index (κ3) is 5.29. The van der Waals surface area contributed by atoms with Crippen LogP contribution >= 0.6 is 0 Å². The van der Waals surface area contributed by atoms with Crippen LogP contribution in [0.2, 0.25) is 0 Å². The number of ketones is 1. The van der Waals surface area contributed by atoms with Gasteiger partial charge >= 0.3 is 5.97 Å². The molecular weight excluding hydrogens is 316 g/mol. The molecule has 2 rings (SSSR count). The van der Waals surface area contributed by atoms with Gasteiger partial charge in [0, 0.05) is 6.42 Å². The zero-order valence-corrected chi connectivity index (χ0v) is 16.7. The molecule has 0 N–H and O–H groups in total. The quantitative estimate of drug-likeness (QED) is 0.540. The number of epoxide rings is 1. The van der Waals surface area contributed by atoms with Crippen molar-refractivity contribution in [2.24, 2.45) is 23.7 Å². The first-order chi connectivity index (χ1) is 11.8. The van der Waals surface area contributed by atoms with E-state index in [-0.39, 0.29) is 29.7 Å². The summed E-state index contributed by atoms with van der Waals surface area (Å²) in [6.45, 7) is 8.43. The molecule has 0 spiro atoms. The van der Waals surface area contributed by atoms with Crippen molar-refractivity contribution in [2.45, 2.75) is 90.8 Å². The Labute approximate surface area is 153 Å². The maximum atomic E-state index is 12.9. The summed E-state index contributed by atoms with van der Waals surface area (Å²) >= 11 is 0. The number of hydrogen-bond acceptors (Lipinski definition) is 4. The highest BCUT2D eigenvalue weighted by Crippen LogP contribution is 2.43. The molecule has 1 aliphatic carbocycles. The second-order valence-electron chi connectivity index (χ2n) is 8.71. The lowest BCUT2D eigenvalue weighted by Gasteiger charge is -2.24. The number of methoxy groups -OCH3 is 1. The summed E-state index contributed by atoms with van der Waals surface area (Å²) in [7, 11) is 1.43. The number of carbonyl (C=O) groups is 2. The predicted octanol–water partition coefficient (Wildman–Crippen LogP) is 4.54. The molecule has 0 aromatic carbocycles. The third-order valence-corrected chi connectivity index (χ3v) is 6.57. The summed E-state index contributed by atoms with van der Waals surface area (Å²) in [6, 6.07) is 0. The van der Waals surface area contributed by atoms with E-state index in [0.717, 1.165) is 25.7 Å². The molecule has 0 amide bonds. The van der Waals surface area contributed by atoms with Crippen LogP contribution < -0.4 is 0 Å². The number of fused-ring (bicyclic) bond motifs is 1. The minimum atomic E-state index is -0.621. The van der Waals surface area contributed by atoms with Crippen molar-refractivity contribution in [3.05, 3.63) is 0 Å². The number of Topliss-reactive ketones (excluding diaryl/α,β-unsaturated/α-hetero) is 1. The van der Waals surface area contributed by atoms with E-state index in [1.165, 1.54) is 26.4 Å². The largest absolute Gasteiger partial charge is 0.469 e. The van der Waals surface area contributed by atoms with Gasteiger partial charge in [0.05, 0.1) is 19.1 Å². The minimum absolute atomic E-state index is 0.0472. The van der Waals surface area contributed by atoms with E-state index in [0.29, 0.717) is 18.3 Å². The van der Waals surface area contributed by atoms with Gasteiger partial charge in [-0.05, 0) is 43.9 Å². The van der Waals surface area contributed by atoms with Crippen molar-refractivity contribution < 1.29 is 19.1 Å². The van der Waals surface area contributed by atoms with Gasteiger partial charge in [0.25, 0.3) is 0 Å². The standard InChI is InChI=1S/C21H36O4/c1-14-7-6-8-15(2)10-12-19-21(4,25-19)18(22)13-17(11-9-14)16(3)20(23)24-5/h14-17,19H,6-13H2,1-5H3. The molecule has 2 aliphatic rings. The average Bonchev–Trinajstić information content (AvgIpc) is 3.26. The fraction of sp³-hybridized carbons (Fsp3) is 0.905. The molecule has 0 aromatic heterocycles. The van der Waals surface area contributed by atoms with Gasteiger partial charge < -0.3 is 9.47 Å². The van der Waals surface area contributed by atoms with Gasteiger partial charge in [0.1, 0.15) is 5.60 Å². The first-order valence-electron chi connectivity index (χ1n) is 10.1. The molecule has 0 aromatic rings. The Balaban J connectivity index is 2.08. The van der Waals surface area contributed by atoms with Crippen LogP contribution in [0.4, 0.5) is 0 Å². The molecular formula is C21H36O4. The molecule has 2 fully saturated rings. The van der Waals surface area contributed by atoms with E-state index in [2.05, 4.69) is 13.8 Å². The van der Waals surface area contributed by atoms with Gasteiger partial charge in [-0.3, -0.25) is 9.59 Å². The van der Waals surface area contributed by atoms with Gasteiger partial charge in [-0.15, -0.1) is 0 Å². The molecule has 1 saturated carbocycles. The SMILES string of the molecule is COC(=O)C(C)C1CCC(C)CCCC(C)CCC2OC2(C)C(=O)C1. The molecule has 1 saturated heterocycles. The van der Waals surface area contributed by atoms with E-state index in [1.54, 1.807) is 0 Å². The first-order valence-corrected chi connectivity index (χ1v) is 10.1. The molecule has 1 heterocycles. The fourth-order valence-electron chi connectivity index (χ4n) is 4.23. The van der Waals surface area contributed by atoms with Crippen molar-refractivity contribution in [1.82, 2.24) is 0 Å². The molecule has 25 heavy (non-hydrogen) atoms. The smallest absolute Gasteiger partial charge is 0.308 e. The molecule has 4 nitrogen and oxygen atoms in total. The number of hydrogen-bond donors (Lipinski definition) is 0. The number of rotatable bonds is 2. The summed E-state index contributed by atoms with van der Waals surface area (Å²) in [5.74, 6) is 1.10. The summed E-state index contributed by atoms with van der Waals surface area (Å²) in [6.07, 6.45) is 8.30. The maximum absolute atomic E-state index is 12.9. The van der Waals surface area contributed by atoms with Crippen molar-refractivity contribution in [3.63, 3.8) is 0 Å². The molecule has 144 valence electrons. The first kappa shape index (κ1) is 20.4. The van der Waals surface area contributed by atoms with Crippen molar-refractivity contribution in [3.8, 4) is 0 Å². The second-order valence-corrected chi connectivity index (χ2v) is 8.71. The molecule has 1 aliphatic heterocycles. The number of esters is 1. The topological polar surface area (TPSA) is 55.9 Å². The third-order valence-electron chi connectivity index (χ3n) is 6.57.